The first kappa shape index (κ1) is 12.6. The van der Waals surface area contributed by atoms with Crippen molar-refractivity contribution in [3.63, 3.8) is 0 Å². The Hall–Kier alpha value is -0.860. The minimum atomic E-state index is 0.0986. The third-order valence-electron chi connectivity index (χ3n) is 4.09. The van der Waals surface area contributed by atoms with Gasteiger partial charge in [-0.3, -0.25) is 0 Å². The van der Waals surface area contributed by atoms with Crippen molar-refractivity contribution in [2.45, 2.75) is 45.1 Å². The second kappa shape index (κ2) is 4.11. The molecule has 1 aromatic rings. The second-order valence-electron chi connectivity index (χ2n) is 6.42. The van der Waals surface area contributed by atoms with Crippen LogP contribution in [-0.2, 0) is 5.41 Å². The normalized spacial score (nSPS) is 20.1. The smallest absolute Gasteiger partial charge is 0.0364 e. The monoisotopic (exact) mass is 232 g/mol. The second-order valence-corrected chi connectivity index (χ2v) is 6.42. The van der Waals surface area contributed by atoms with Gasteiger partial charge >= 0.3 is 0 Å². The molecule has 0 bridgehead atoms. The molecule has 94 valence electrons. The maximum absolute atomic E-state index is 6.32. The molecule has 17 heavy (non-hydrogen) atoms. The van der Waals surface area contributed by atoms with E-state index >= 15 is 0 Å². The van der Waals surface area contributed by atoms with E-state index in [1.54, 1.807) is 0 Å². The SMILES string of the molecule is CC(C)(C)c1ccc(C(N)C2(CN)CC2)cc1. The van der Waals surface area contributed by atoms with E-state index in [1.807, 2.05) is 0 Å². The van der Waals surface area contributed by atoms with E-state index in [9.17, 15) is 0 Å². The molecule has 0 spiro atoms. The standard InChI is InChI=1S/C15H24N2/c1-14(2,3)12-6-4-11(5-7-12)13(17)15(10-16)8-9-15/h4-7,13H,8-10,16-17H2,1-3H3. The van der Waals surface area contributed by atoms with Crippen LogP contribution < -0.4 is 11.5 Å². The Morgan fingerprint density at radius 1 is 1.18 bits per heavy atom. The van der Waals surface area contributed by atoms with Crippen LogP contribution >= 0.6 is 0 Å². The first-order valence-electron chi connectivity index (χ1n) is 6.45. The van der Waals surface area contributed by atoms with Crippen LogP contribution in [0.5, 0.6) is 0 Å². The van der Waals surface area contributed by atoms with Gasteiger partial charge in [-0.1, -0.05) is 45.0 Å². The van der Waals surface area contributed by atoms with Crippen LogP contribution in [0.1, 0.15) is 50.8 Å². The average Bonchev–Trinajstić information content (AvgIpc) is 3.08. The fourth-order valence-corrected chi connectivity index (χ4v) is 2.35. The van der Waals surface area contributed by atoms with E-state index in [0.717, 1.165) is 0 Å². The lowest BCUT2D eigenvalue weighted by Crippen LogP contribution is -2.29. The summed E-state index contributed by atoms with van der Waals surface area (Å²) >= 11 is 0. The lowest BCUT2D eigenvalue weighted by molar-refractivity contribution is 0.419. The molecule has 0 heterocycles. The molecule has 0 aliphatic heterocycles. The minimum Gasteiger partial charge on any atom is -0.330 e. The van der Waals surface area contributed by atoms with Crippen molar-refractivity contribution in [2.75, 3.05) is 6.54 Å². The maximum atomic E-state index is 6.32. The predicted molar refractivity (Wildman–Crippen MR) is 72.8 cm³/mol. The lowest BCUT2D eigenvalue weighted by atomic mass is 9.84. The Balaban J connectivity index is 2.19. The quantitative estimate of drug-likeness (QED) is 0.842. The topological polar surface area (TPSA) is 52.0 Å². The Labute approximate surface area is 104 Å². The molecule has 1 aliphatic carbocycles. The van der Waals surface area contributed by atoms with Crippen LogP contribution in [0.3, 0.4) is 0 Å². The highest BCUT2D eigenvalue weighted by Gasteiger charge is 2.47. The fraction of sp³-hybridized carbons (Fsp3) is 0.600. The predicted octanol–water partition coefficient (Wildman–Crippen LogP) is 2.72. The van der Waals surface area contributed by atoms with E-state index < -0.39 is 0 Å². The zero-order valence-corrected chi connectivity index (χ0v) is 11.2. The van der Waals surface area contributed by atoms with Gasteiger partial charge in [-0.25, -0.2) is 0 Å². The molecule has 4 N–H and O–H groups in total. The lowest BCUT2D eigenvalue weighted by Gasteiger charge is -2.24. The van der Waals surface area contributed by atoms with Crippen LogP contribution in [0.15, 0.2) is 24.3 Å². The zero-order chi connectivity index (χ0) is 12.7. The summed E-state index contributed by atoms with van der Waals surface area (Å²) in [6.07, 6.45) is 2.34. The third kappa shape index (κ3) is 2.38. The fourth-order valence-electron chi connectivity index (χ4n) is 2.35. The molecule has 2 heteroatoms. The van der Waals surface area contributed by atoms with E-state index in [2.05, 4.69) is 45.0 Å². The Kier molecular flexibility index (Phi) is 3.04. The molecule has 1 fully saturated rings. The number of nitrogens with two attached hydrogens (primary N) is 2. The van der Waals surface area contributed by atoms with Crippen molar-refractivity contribution in [1.82, 2.24) is 0 Å². The number of hydrogen-bond acceptors (Lipinski definition) is 2. The van der Waals surface area contributed by atoms with Gasteiger partial charge in [-0.2, -0.15) is 0 Å². The Morgan fingerprint density at radius 3 is 2.06 bits per heavy atom. The molecule has 1 saturated carbocycles. The van der Waals surface area contributed by atoms with Gasteiger partial charge in [0.15, 0.2) is 0 Å². The van der Waals surface area contributed by atoms with Crippen LogP contribution in [0, 0.1) is 5.41 Å². The summed E-state index contributed by atoms with van der Waals surface area (Å²) in [5.74, 6) is 0. The van der Waals surface area contributed by atoms with Crippen molar-refractivity contribution >= 4 is 0 Å². The maximum Gasteiger partial charge on any atom is 0.0364 e. The van der Waals surface area contributed by atoms with Crippen molar-refractivity contribution in [3.05, 3.63) is 35.4 Å². The summed E-state index contributed by atoms with van der Waals surface area (Å²) in [6, 6.07) is 8.83. The zero-order valence-electron chi connectivity index (χ0n) is 11.2. The highest BCUT2D eigenvalue weighted by molar-refractivity contribution is 5.31. The van der Waals surface area contributed by atoms with Gasteiger partial charge in [0.2, 0.25) is 0 Å². The summed E-state index contributed by atoms with van der Waals surface area (Å²) in [5, 5.41) is 0. The minimum absolute atomic E-state index is 0.0986. The van der Waals surface area contributed by atoms with E-state index in [4.69, 9.17) is 11.5 Å². The van der Waals surface area contributed by atoms with Crippen molar-refractivity contribution in [1.29, 1.82) is 0 Å². The highest BCUT2D eigenvalue weighted by Crippen LogP contribution is 2.52. The molecule has 2 rings (SSSR count). The van der Waals surface area contributed by atoms with Crippen molar-refractivity contribution in [2.24, 2.45) is 16.9 Å². The van der Waals surface area contributed by atoms with Crippen LogP contribution in [0.2, 0.25) is 0 Å². The summed E-state index contributed by atoms with van der Waals surface area (Å²) < 4.78 is 0. The van der Waals surface area contributed by atoms with Gasteiger partial charge in [-0.15, -0.1) is 0 Å². The van der Waals surface area contributed by atoms with Gasteiger partial charge in [0.25, 0.3) is 0 Å². The van der Waals surface area contributed by atoms with E-state index in [0.29, 0.717) is 6.54 Å². The summed E-state index contributed by atoms with van der Waals surface area (Å²) in [7, 11) is 0. The molecule has 2 nitrogen and oxygen atoms in total. The van der Waals surface area contributed by atoms with Crippen molar-refractivity contribution < 1.29 is 0 Å². The molecular formula is C15H24N2. The third-order valence-corrected chi connectivity index (χ3v) is 4.09. The van der Waals surface area contributed by atoms with E-state index in [-0.39, 0.29) is 16.9 Å². The summed E-state index contributed by atoms with van der Waals surface area (Å²) in [6.45, 7) is 7.38. The number of hydrogen-bond donors (Lipinski definition) is 2. The summed E-state index contributed by atoms with van der Waals surface area (Å²) in [4.78, 5) is 0. The van der Waals surface area contributed by atoms with E-state index in [1.165, 1.54) is 24.0 Å². The molecule has 1 unspecified atom stereocenters. The molecule has 1 aromatic carbocycles. The van der Waals surface area contributed by atoms with Gasteiger partial charge in [0.05, 0.1) is 0 Å². The van der Waals surface area contributed by atoms with Crippen molar-refractivity contribution in [3.8, 4) is 0 Å². The molecule has 1 atom stereocenters. The average molecular weight is 232 g/mol. The van der Waals surface area contributed by atoms with Gasteiger partial charge in [0.1, 0.15) is 0 Å². The van der Waals surface area contributed by atoms with Gasteiger partial charge in [0, 0.05) is 11.5 Å². The largest absolute Gasteiger partial charge is 0.330 e. The molecule has 1 aliphatic rings. The summed E-state index contributed by atoms with van der Waals surface area (Å²) in [5.41, 5.74) is 15.1. The van der Waals surface area contributed by atoms with Crippen LogP contribution in [-0.4, -0.2) is 6.54 Å². The van der Waals surface area contributed by atoms with Gasteiger partial charge < -0.3 is 11.5 Å². The first-order valence-corrected chi connectivity index (χ1v) is 6.45. The molecule has 0 aromatic heterocycles. The molecule has 0 saturated heterocycles. The number of benzene rings is 1. The van der Waals surface area contributed by atoms with Crippen LogP contribution in [0.4, 0.5) is 0 Å². The molecular weight excluding hydrogens is 208 g/mol. The van der Waals surface area contributed by atoms with Crippen LogP contribution in [0.25, 0.3) is 0 Å². The Morgan fingerprint density at radius 2 is 1.71 bits per heavy atom. The number of rotatable bonds is 3. The molecule has 0 amide bonds. The Bertz CT molecular complexity index is 382. The first-order chi connectivity index (χ1) is 7.89. The highest BCUT2D eigenvalue weighted by atomic mass is 14.8. The molecule has 0 radical (unpaired) electrons. The van der Waals surface area contributed by atoms with Gasteiger partial charge in [-0.05, 0) is 35.9 Å².